The second kappa shape index (κ2) is 7.73. The van der Waals surface area contributed by atoms with E-state index in [4.69, 9.17) is 0 Å². The van der Waals surface area contributed by atoms with Gasteiger partial charge in [0.2, 0.25) is 5.95 Å². The van der Waals surface area contributed by atoms with Gasteiger partial charge in [-0.15, -0.1) is 5.10 Å². The van der Waals surface area contributed by atoms with E-state index in [0.717, 1.165) is 18.7 Å². The Morgan fingerprint density at radius 1 is 1.20 bits per heavy atom. The van der Waals surface area contributed by atoms with Crippen molar-refractivity contribution >= 4 is 23.5 Å². The fourth-order valence-electron chi connectivity index (χ4n) is 3.65. The first-order chi connectivity index (χ1) is 14.6. The van der Waals surface area contributed by atoms with Gasteiger partial charge < -0.3 is 15.5 Å². The minimum Gasteiger partial charge on any atom is -0.351 e. The first-order valence-electron chi connectivity index (χ1n) is 10.2. The SMILES string of the molecule is Cn1cc(C(=O)N2CCC(Nc3nccc(Nc4cc(C5CC5)[nH]n4)n3)CC2)nn1. The van der Waals surface area contributed by atoms with Crippen molar-refractivity contribution in [3.8, 4) is 0 Å². The summed E-state index contributed by atoms with van der Waals surface area (Å²) in [6.45, 7) is 1.31. The zero-order valence-electron chi connectivity index (χ0n) is 16.7. The van der Waals surface area contributed by atoms with Gasteiger partial charge in [-0.05, 0) is 31.7 Å². The molecule has 3 N–H and O–H groups in total. The van der Waals surface area contributed by atoms with E-state index in [9.17, 15) is 4.79 Å². The molecule has 4 heterocycles. The Bertz CT molecular complexity index is 1030. The van der Waals surface area contributed by atoms with Gasteiger partial charge in [0.25, 0.3) is 5.91 Å². The first kappa shape index (κ1) is 18.5. The van der Waals surface area contributed by atoms with Gasteiger partial charge in [-0.2, -0.15) is 10.1 Å². The molecule has 0 atom stereocenters. The molecule has 1 saturated heterocycles. The maximum absolute atomic E-state index is 12.5. The second-order valence-corrected chi connectivity index (χ2v) is 7.86. The number of aromatic nitrogens is 7. The number of piperidine rings is 1. The highest BCUT2D eigenvalue weighted by Crippen LogP contribution is 2.39. The molecule has 3 aromatic heterocycles. The van der Waals surface area contributed by atoms with Crippen LogP contribution in [0, 0.1) is 0 Å². The molecule has 1 saturated carbocycles. The molecule has 0 spiro atoms. The third-order valence-corrected chi connectivity index (χ3v) is 5.46. The number of anilines is 3. The number of amides is 1. The summed E-state index contributed by atoms with van der Waals surface area (Å²) in [7, 11) is 1.75. The summed E-state index contributed by atoms with van der Waals surface area (Å²) in [6, 6.07) is 4.06. The number of carbonyl (C=O) groups is 1. The van der Waals surface area contributed by atoms with Gasteiger partial charge in [-0.3, -0.25) is 14.6 Å². The molecule has 30 heavy (non-hydrogen) atoms. The molecule has 156 valence electrons. The molecule has 5 rings (SSSR count). The van der Waals surface area contributed by atoms with E-state index in [-0.39, 0.29) is 11.9 Å². The van der Waals surface area contributed by atoms with Crippen molar-refractivity contribution < 1.29 is 4.79 Å². The summed E-state index contributed by atoms with van der Waals surface area (Å²) in [5.41, 5.74) is 1.56. The van der Waals surface area contributed by atoms with Gasteiger partial charge in [0.15, 0.2) is 11.5 Å². The molecular formula is C19H24N10O. The Balaban J connectivity index is 1.15. The summed E-state index contributed by atoms with van der Waals surface area (Å²) in [4.78, 5) is 23.2. The van der Waals surface area contributed by atoms with E-state index >= 15 is 0 Å². The van der Waals surface area contributed by atoms with Crippen LogP contribution in [0.1, 0.15) is 47.8 Å². The Morgan fingerprint density at radius 3 is 2.77 bits per heavy atom. The number of hydrogen-bond acceptors (Lipinski definition) is 8. The van der Waals surface area contributed by atoms with Gasteiger partial charge in [0.1, 0.15) is 5.82 Å². The van der Waals surface area contributed by atoms with E-state index in [2.05, 4.69) is 41.1 Å². The van der Waals surface area contributed by atoms with Crippen molar-refractivity contribution in [2.75, 3.05) is 23.7 Å². The molecule has 11 nitrogen and oxygen atoms in total. The number of hydrogen-bond donors (Lipinski definition) is 3. The van der Waals surface area contributed by atoms with Crippen LogP contribution in [0.4, 0.5) is 17.6 Å². The molecule has 2 fully saturated rings. The maximum Gasteiger partial charge on any atom is 0.276 e. The number of carbonyl (C=O) groups excluding carboxylic acids is 1. The standard InChI is InChI=1S/C19H24N10O/c1-28-11-15(25-27-28)18(30)29-8-5-13(6-9-29)21-19-20-7-4-16(23-19)22-17-10-14(24-26-17)12-2-3-12/h4,7,10-13H,2-3,5-6,8-9H2,1H3,(H3,20,21,22,23,24,26). The van der Waals surface area contributed by atoms with Gasteiger partial charge >= 0.3 is 0 Å². The Morgan fingerprint density at radius 2 is 2.03 bits per heavy atom. The molecule has 0 unspecified atom stereocenters. The van der Waals surface area contributed by atoms with Crippen LogP contribution in [0.2, 0.25) is 0 Å². The summed E-state index contributed by atoms with van der Waals surface area (Å²) in [5, 5.41) is 21.7. The summed E-state index contributed by atoms with van der Waals surface area (Å²) < 4.78 is 1.54. The topological polar surface area (TPSA) is 130 Å². The largest absolute Gasteiger partial charge is 0.351 e. The fraction of sp³-hybridized carbons (Fsp3) is 0.474. The van der Waals surface area contributed by atoms with Crippen molar-refractivity contribution in [3.63, 3.8) is 0 Å². The van der Waals surface area contributed by atoms with Crippen LogP contribution < -0.4 is 10.6 Å². The van der Waals surface area contributed by atoms with Crippen molar-refractivity contribution in [1.29, 1.82) is 0 Å². The van der Waals surface area contributed by atoms with Gasteiger partial charge in [0, 0.05) is 50.1 Å². The van der Waals surface area contributed by atoms with Crippen LogP contribution in [0.15, 0.2) is 24.5 Å². The van der Waals surface area contributed by atoms with E-state index in [0.29, 0.717) is 36.5 Å². The third kappa shape index (κ3) is 4.09. The van der Waals surface area contributed by atoms with Crippen LogP contribution in [-0.2, 0) is 7.05 Å². The Kier molecular flexibility index (Phi) is 4.77. The fourth-order valence-corrected chi connectivity index (χ4v) is 3.65. The normalized spacial score (nSPS) is 17.2. The monoisotopic (exact) mass is 408 g/mol. The van der Waals surface area contributed by atoms with Crippen molar-refractivity contribution in [3.05, 3.63) is 35.9 Å². The highest BCUT2D eigenvalue weighted by molar-refractivity contribution is 5.92. The summed E-state index contributed by atoms with van der Waals surface area (Å²) >= 11 is 0. The predicted octanol–water partition coefficient (Wildman–Crippen LogP) is 1.67. The number of H-pyrrole nitrogens is 1. The zero-order valence-corrected chi connectivity index (χ0v) is 16.7. The molecule has 1 aliphatic heterocycles. The average molecular weight is 408 g/mol. The number of aryl methyl sites for hydroxylation is 1. The van der Waals surface area contributed by atoms with E-state index in [1.165, 1.54) is 23.2 Å². The van der Waals surface area contributed by atoms with Crippen LogP contribution in [0.25, 0.3) is 0 Å². The number of likely N-dealkylation sites (tertiary alicyclic amines) is 1. The van der Waals surface area contributed by atoms with Crippen molar-refractivity contribution in [2.45, 2.75) is 37.6 Å². The highest BCUT2D eigenvalue weighted by Gasteiger charge is 2.26. The van der Waals surface area contributed by atoms with Crippen LogP contribution in [-0.4, -0.2) is 65.1 Å². The minimum absolute atomic E-state index is 0.0754. The van der Waals surface area contributed by atoms with Crippen LogP contribution >= 0.6 is 0 Å². The minimum atomic E-state index is -0.0754. The van der Waals surface area contributed by atoms with Crippen molar-refractivity contribution in [1.82, 2.24) is 40.1 Å². The smallest absolute Gasteiger partial charge is 0.276 e. The van der Waals surface area contributed by atoms with E-state index in [1.807, 2.05) is 17.0 Å². The van der Waals surface area contributed by atoms with Gasteiger partial charge in [-0.1, -0.05) is 5.21 Å². The number of nitrogens with one attached hydrogen (secondary N) is 3. The number of aromatic amines is 1. The molecule has 0 aromatic carbocycles. The second-order valence-electron chi connectivity index (χ2n) is 7.86. The molecule has 3 aromatic rings. The lowest BCUT2D eigenvalue weighted by Gasteiger charge is -2.31. The lowest BCUT2D eigenvalue weighted by Crippen LogP contribution is -2.42. The predicted molar refractivity (Wildman–Crippen MR) is 109 cm³/mol. The van der Waals surface area contributed by atoms with E-state index < -0.39 is 0 Å². The lowest BCUT2D eigenvalue weighted by atomic mass is 10.0. The molecule has 1 amide bonds. The van der Waals surface area contributed by atoms with Crippen molar-refractivity contribution in [2.24, 2.45) is 7.05 Å². The van der Waals surface area contributed by atoms with E-state index in [1.54, 1.807) is 19.4 Å². The molecule has 2 aliphatic rings. The maximum atomic E-state index is 12.5. The van der Waals surface area contributed by atoms with Crippen LogP contribution in [0.3, 0.4) is 0 Å². The molecule has 0 radical (unpaired) electrons. The molecular weight excluding hydrogens is 384 g/mol. The summed E-state index contributed by atoms with van der Waals surface area (Å²) in [5.74, 6) is 2.57. The van der Waals surface area contributed by atoms with Gasteiger partial charge in [0.05, 0.1) is 6.20 Å². The number of nitrogens with zero attached hydrogens (tertiary/aromatic N) is 7. The quantitative estimate of drug-likeness (QED) is 0.562. The first-order valence-corrected chi connectivity index (χ1v) is 10.2. The Hall–Kier alpha value is -3.50. The molecule has 11 heteroatoms. The average Bonchev–Trinajstić information content (AvgIpc) is 3.35. The third-order valence-electron chi connectivity index (χ3n) is 5.46. The molecule has 1 aliphatic carbocycles. The van der Waals surface area contributed by atoms with Crippen LogP contribution in [0.5, 0.6) is 0 Å². The Labute approximate surface area is 173 Å². The number of rotatable bonds is 6. The molecule has 0 bridgehead atoms. The highest BCUT2D eigenvalue weighted by atomic mass is 16.2. The van der Waals surface area contributed by atoms with Gasteiger partial charge in [-0.25, -0.2) is 4.98 Å². The summed E-state index contributed by atoms with van der Waals surface area (Å²) in [6.07, 6.45) is 7.46. The zero-order chi connectivity index (χ0) is 20.5. The lowest BCUT2D eigenvalue weighted by molar-refractivity contribution is 0.0712.